The first-order valence-electron chi connectivity index (χ1n) is 8.56. The molecule has 0 aliphatic carbocycles. The molecule has 0 radical (unpaired) electrons. The molecule has 0 saturated carbocycles. The summed E-state index contributed by atoms with van der Waals surface area (Å²) in [6.45, 7) is 6.98. The number of aromatic amines is 1. The van der Waals surface area contributed by atoms with Gasteiger partial charge in [-0.3, -0.25) is 14.4 Å². The van der Waals surface area contributed by atoms with Crippen molar-refractivity contribution in [2.45, 2.75) is 40.2 Å². The summed E-state index contributed by atoms with van der Waals surface area (Å²) in [6.07, 6.45) is 0.0297. The Balaban J connectivity index is 2.28. The van der Waals surface area contributed by atoms with E-state index in [4.69, 9.17) is 4.74 Å². The summed E-state index contributed by atoms with van der Waals surface area (Å²) < 4.78 is 5.02. The van der Waals surface area contributed by atoms with E-state index in [0.717, 1.165) is 5.56 Å². The standard InChI is InChI=1S/C20H24N2O4/c1-5-26-17(24)11-16(15-9-7-6-8-10-15)22-20(25)19-12(2)18(14(4)23)13(3)21-19/h6-10,16,21H,5,11H2,1-4H3,(H,22,25). The van der Waals surface area contributed by atoms with E-state index in [2.05, 4.69) is 10.3 Å². The quantitative estimate of drug-likeness (QED) is 0.589. The van der Waals surface area contributed by atoms with Crippen LogP contribution < -0.4 is 5.32 Å². The summed E-state index contributed by atoms with van der Waals surface area (Å²) >= 11 is 0. The molecule has 26 heavy (non-hydrogen) atoms. The average Bonchev–Trinajstić information content (AvgIpc) is 2.90. The molecule has 2 aromatic rings. The number of esters is 1. The number of rotatable bonds is 7. The number of hydrogen-bond acceptors (Lipinski definition) is 4. The number of hydrogen-bond donors (Lipinski definition) is 2. The van der Waals surface area contributed by atoms with Gasteiger partial charge in [0.15, 0.2) is 5.78 Å². The second-order valence-corrected chi connectivity index (χ2v) is 6.13. The van der Waals surface area contributed by atoms with Gasteiger partial charge in [0.25, 0.3) is 5.91 Å². The fraction of sp³-hybridized carbons (Fsp3) is 0.350. The molecule has 2 N–H and O–H groups in total. The van der Waals surface area contributed by atoms with E-state index in [0.29, 0.717) is 22.5 Å². The maximum absolute atomic E-state index is 12.8. The van der Waals surface area contributed by atoms with E-state index in [1.807, 2.05) is 30.3 Å². The minimum atomic E-state index is -0.522. The van der Waals surface area contributed by atoms with Crippen LogP contribution in [0.15, 0.2) is 30.3 Å². The lowest BCUT2D eigenvalue weighted by atomic mass is 10.0. The first kappa shape index (κ1) is 19.4. The maximum Gasteiger partial charge on any atom is 0.308 e. The van der Waals surface area contributed by atoms with Crippen molar-refractivity contribution in [1.82, 2.24) is 10.3 Å². The molecule has 0 fully saturated rings. The van der Waals surface area contributed by atoms with E-state index in [1.54, 1.807) is 20.8 Å². The van der Waals surface area contributed by atoms with Crippen LogP contribution in [-0.4, -0.2) is 29.3 Å². The molecule has 0 aliphatic rings. The van der Waals surface area contributed by atoms with Gasteiger partial charge in [-0.05, 0) is 38.8 Å². The number of carbonyl (C=O) groups excluding carboxylic acids is 3. The van der Waals surface area contributed by atoms with Crippen molar-refractivity contribution in [1.29, 1.82) is 0 Å². The second kappa shape index (κ2) is 8.47. The van der Waals surface area contributed by atoms with Crippen LogP contribution in [0.25, 0.3) is 0 Å². The molecule has 138 valence electrons. The Kier molecular flexibility index (Phi) is 6.33. The molecule has 2 rings (SSSR count). The number of ketones is 1. The SMILES string of the molecule is CCOC(=O)CC(NC(=O)c1[nH]c(C)c(C(C)=O)c1C)c1ccccc1. The van der Waals surface area contributed by atoms with Crippen molar-refractivity contribution in [3.8, 4) is 0 Å². The lowest BCUT2D eigenvalue weighted by Gasteiger charge is -2.18. The number of aromatic nitrogens is 1. The first-order chi connectivity index (χ1) is 12.3. The summed E-state index contributed by atoms with van der Waals surface area (Å²) in [5, 5.41) is 2.88. The lowest BCUT2D eigenvalue weighted by molar-refractivity contribution is -0.143. The fourth-order valence-electron chi connectivity index (χ4n) is 3.06. The zero-order valence-corrected chi connectivity index (χ0v) is 15.5. The summed E-state index contributed by atoms with van der Waals surface area (Å²) in [7, 11) is 0. The highest BCUT2D eigenvalue weighted by molar-refractivity contribution is 6.02. The van der Waals surface area contributed by atoms with Gasteiger partial charge >= 0.3 is 5.97 Å². The second-order valence-electron chi connectivity index (χ2n) is 6.13. The van der Waals surface area contributed by atoms with Crippen LogP contribution in [0.2, 0.25) is 0 Å². The molecule has 1 atom stereocenters. The van der Waals surface area contributed by atoms with E-state index >= 15 is 0 Å². The van der Waals surface area contributed by atoms with Gasteiger partial charge in [-0.15, -0.1) is 0 Å². The molecule has 0 bridgehead atoms. The molecule has 0 spiro atoms. The van der Waals surface area contributed by atoms with Crippen LogP contribution in [0.5, 0.6) is 0 Å². The summed E-state index contributed by atoms with van der Waals surface area (Å²) in [4.78, 5) is 39.5. The van der Waals surface area contributed by atoms with Gasteiger partial charge in [0.2, 0.25) is 0 Å². The van der Waals surface area contributed by atoms with Crippen LogP contribution in [0.4, 0.5) is 0 Å². The Labute approximate surface area is 152 Å². The third-order valence-electron chi connectivity index (χ3n) is 4.20. The fourth-order valence-corrected chi connectivity index (χ4v) is 3.06. The van der Waals surface area contributed by atoms with Gasteiger partial charge in [-0.25, -0.2) is 0 Å². The van der Waals surface area contributed by atoms with Gasteiger partial charge in [-0.2, -0.15) is 0 Å². The van der Waals surface area contributed by atoms with E-state index in [1.165, 1.54) is 6.92 Å². The van der Waals surface area contributed by atoms with Crippen molar-refractivity contribution in [2.75, 3.05) is 6.61 Å². The number of carbonyl (C=O) groups is 3. The number of Topliss-reactive ketones (excluding diaryl/α,β-unsaturated/α-hetero) is 1. The summed E-state index contributed by atoms with van der Waals surface area (Å²) in [5.74, 6) is -0.844. The van der Waals surface area contributed by atoms with Crippen molar-refractivity contribution in [3.63, 3.8) is 0 Å². The monoisotopic (exact) mass is 356 g/mol. The molecular formula is C20H24N2O4. The minimum absolute atomic E-state index is 0.0297. The predicted molar refractivity (Wildman–Crippen MR) is 98.2 cm³/mol. The van der Waals surface area contributed by atoms with Crippen molar-refractivity contribution < 1.29 is 19.1 Å². The molecule has 0 saturated heterocycles. The maximum atomic E-state index is 12.8. The van der Waals surface area contributed by atoms with Crippen LogP contribution >= 0.6 is 0 Å². The molecule has 1 unspecified atom stereocenters. The number of aryl methyl sites for hydroxylation is 1. The molecule has 6 nitrogen and oxygen atoms in total. The highest BCUT2D eigenvalue weighted by Gasteiger charge is 2.24. The molecule has 6 heteroatoms. The van der Waals surface area contributed by atoms with Crippen molar-refractivity contribution >= 4 is 17.7 Å². The average molecular weight is 356 g/mol. The molecular weight excluding hydrogens is 332 g/mol. The zero-order valence-electron chi connectivity index (χ0n) is 15.5. The topological polar surface area (TPSA) is 88.3 Å². The minimum Gasteiger partial charge on any atom is -0.466 e. The Morgan fingerprint density at radius 2 is 1.81 bits per heavy atom. The molecule has 1 heterocycles. The lowest BCUT2D eigenvalue weighted by Crippen LogP contribution is -2.31. The van der Waals surface area contributed by atoms with E-state index in [9.17, 15) is 14.4 Å². The molecule has 0 aliphatic heterocycles. The number of H-pyrrole nitrogens is 1. The Bertz CT molecular complexity index is 809. The van der Waals surface area contributed by atoms with Gasteiger partial charge in [0.05, 0.1) is 19.1 Å². The van der Waals surface area contributed by atoms with Gasteiger partial charge in [0, 0.05) is 11.3 Å². The van der Waals surface area contributed by atoms with Crippen LogP contribution in [0.1, 0.15) is 64.0 Å². The predicted octanol–water partition coefficient (Wildman–Crippen LogP) is 3.26. The third-order valence-corrected chi connectivity index (χ3v) is 4.20. The summed E-state index contributed by atoms with van der Waals surface area (Å²) in [6, 6.07) is 8.72. The molecule has 1 aromatic heterocycles. The number of benzene rings is 1. The molecule has 1 aromatic carbocycles. The Hall–Kier alpha value is -2.89. The normalized spacial score (nSPS) is 11.7. The number of ether oxygens (including phenoxy) is 1. The van der Waals surface area contributed by atoms with Crippen LogP contribution in [0, 0.1) is 13.8 Å². The van der Waals surface area contributed by atoms with Gasteiger partial charge in [0.1, 0.15) is 5.69 Å². The third kappa shape index (κ3) is 4.39. The number of amides is 1. The van der Waals surface area contributed by atoms with Crippen molar-refractivity contribution in [2.24, 2.45) is 0 Å². The Morgan fingerprint density at radius 1 is 1.15 bits per heavy atom. The zero-order chi connectivity index (χ0) is 19.3. The van der Waals surface area contributed by atoms with Crippen LogP contribution in [0.3, 0.4) is 0 Å². The van der Waals surface area contributed by atoms with E-state index < -0.39 is 6.04 Å². The highest BCUT2D eigenvalue weighted by Crippen LogP contribution is 2.21. The van der Waals surface area contributed by atoms with Crippen molar-refractivity contribution in [3.05, 3.63) is 58.4 Å². The van der Waals surface area contributed by atoms with Crippen LogP contribution in [-0.2, 0) is 9.53 Å². The molecule has 1 amide bonds. The Morgan fingerprint density at radius 3 is 2.35 bits per heavy atom. The highest BCUT2D eigenvalue weighted by atomic mass is 16.5. The smallest absolute Gasteiger partial charge is 0.308 e. The van der Waals surface area contributed by atoms with E-state index in [-0.39, 0.29) is 30.7 Å². The van der Waals surface area contributed by atoms with Gasteiger partial charge < -0.3 is 15.0 Å². The first-order valence-corrected chi connectivity index (χ1v) is 8.56. The largest absolute Gasteiger partial charge is 0.466 e. The summed E-state index contributed by atoms with van der Waals surface area (Å²) in [5.41, 5.74) is 2.92. The van der Waals surface area contributed by atoms with Gasteiger partial charge in [-0.1, -0.05) is 30.3 Å². The number of nitrogens with one attached hydrogen (secondary N) is 2.